The Kier molecular flexibility index (Phi) is 4.07. The van der Waals surface area contributed by atoms with Crippen molar-refractivity contribution in [3.63, 3.8) is 0 Å². The van der Waals surface area contributed by atoms with Gasteiger partial charge in [-0.2, -0.15) is 5.26 Å². The van der Waals surface area contributed by atoms with Crippen LogP contribution in [0, 0.1) is 18.3 Å². The van der Waals surface area contributed by atoms with E-state index in [1.165, 1.54) is 0 Å². The summed E-state index contributed by atoms with van der Waals surface area (Å²) in [6.45, 7) is 3.96. The zero-order valence-corrected chi connectivity index (χ0v) is 8.99. The fourth-order valence-corrected chi connectivity index (χ4v) is 1.33. The number of aliphatic hydroxyl groups is 1. The molecule has 0 amide bonds. The first-order chi connectivity index (χ1) is 7.15. The van der Waals surface area contributed by atoms with E-state index in [4.69, 9.17) is 10.4 Å². The third-order valence-corrected chi connectivity index (χ3v) is 2.04. The standard InChI is InChI=1S/C11H15N3O/c1-8(3-4-15)13-11-6-10(7-12)5-9(2)14-11/h5-6,8,15H,3-4H2,1-2H3,(H,13,14). The Morgan fingerprint density at radius 3 is 2.93 bits per heavy atom. The summed E-state index contributed by atoms with van der Waals surface area (Å²) in [6.07, 6.45) is 0.664. The van der Waals surface area contributed by atoms with Crippen LogP contribution in [0.25, 0.3) is 0 Å². The molecule has 0 saturated heterocycles. The number of aryl methyl sites for hydroxylation is 1. The van der Waals surface area contributed by atoms with Crippen molar-refractivity contribution in [1.29, 1.82) is 5.26 Å². The maximum atomic E-state index is 8.78. The number of pyridine rings is 1. The van der Waals surface area contributed by atoms with Gasteiger partial charge in [0.2, 0.25) is 0 Å². The molecule has 0 fully saturated rings. The normalized spacial score (nSPS) is 11.9. The quantitative estimate of drug-likeness (QED) is 0.780. The van der Waals surface area contributed by atoms with Gasteiger partial charge >= 0.3 is 0 Å². The van der Waals surface area contributed by atoms with Crippen LogP contribution in [0.3, 0.4) is 0 Å². The zero-order chi connectivity index (χ0) is 11.3. The van der Waals surface area contributed by atoms with Crippen LogP contribution < -0.4 is 5.32 Å². The molecule has 0 spiro atoms. The SMILES string of the molecule is Cc1cc(C#N)cc(NC(C)CCO)n1. The van der Waals surface area contributed by atoms with E-state index in [0.717, 1.165) is 5.69 Å². The van der Waals surface area contributed by atoms with Gasteiger partial charge in [-0.25, -0.2) is 4.98 Å². The van der Waals surface area contributed by atoms with Crippen LogP contribution in [0.2, 0.25) is 0 Å². The molecule has 1 atom stereocenters. The highest BCUT2D eigenvalue weighted by atomic mass is 16.3. The summed E-state index contributed by atoms with van der Waals surface area (Å²) in [7, 11) is 0. The molecular formula is C11H15N3O. The van der Waals surface area contributed by atoms with Crippen LogP contribution in [0.4, 0.5) is 5.82 Å². The van der Waals surface area contributed by atoms with Crippen LogP contribution in [-0.2, 0) is 0 Å². The highest BCUT2D eigenvalue weighted by Gasteiger charge is 2.04. The van der Waals surface area contributed by atoms with Gasteiger partial charge in [-0.1, -0.05) is 0 Å². The number of aromatic nitrogens is 1. The number of anilines is 1. The molecule has 0 aromatic carbocycles. The molecule has 0 aliphatic carbocycles. The number of nitrogens with one attached hydrogen (secondary N) is 1. The van der Waals surface area contributed by atoms with E-state index < -0.39 is 0 Å². The number of hydrogen-bond donors (Lipinski definition) is 2. The molecule has 0 aliphatic heterocycles. The Morgan fingerprint density at radius 2 is 2.33 bits per heavy atom. The molecule has 4 heteroatoms. The highest BCUT2D eigenvalue weighted by molar-refractivity contribution is 5.44. The van der Waals surface area contributed by atoms with Crippen molar-refractivity contribution >= 4 is 5.82 Å². The first-order valence-electron chi connectivity index (χ1n) is 4.92. The second-order valence-corrected chi connectivity index (χ2v) is 3.55. The molecule has 0 saturated carbocycles. The molecule has 1 aromatic rings. The lowest BCUT2D eigenvalue weighted by Gasteiger charge is -2.13. The fourth-order valence-electron chi connectivity index (χ4n) is 1.33. The Morgan fingerprint density at radius 1 is 1.60 bits per heavy atom. The number of nitrogens with zero attached hydrogens (tertiary/aromatic N) is 2. The van der Waals surface area contributed by atoms with Gasteiger partial charge in [0.25, 0.3) is 0 Å². The summed E-state index contributed by atoms with van der Waals surface area (Å²) >= 11 is 0. The van der Waals surface area contributed by atoms with Crippen molar-refractivity contribution in [3.05, 3.63) is 23.4 Å². The maximum Gasteiger partial charge on any atom is 0.127 e. The first kappa shape index (κ1) is 11.5. The van der Waals surface area contributed by atoms with Gasteiger partial charge < -0.3 is 10.4 Å². The topological polar surface area (TPSA) is 68.9 Å². The van der Waals surface area contributed by atoms with Crippen LogP contribution >= 0.6 is 0 Å². The van der Waals surface area contributed by atoms with E-state index in [0.29, 0.717) is 17.8 Å². The monoisotopic (exact) mass is 205 g/mol. The Hall–Kier alpha value is -1.60. The summed E-state index contributed by atoms with van der Waals surface area (Å²) in [5.41, 5.74) is 1.41. The van der Waals surface area contributed by atoms with Crippen molar-refractivity contribution < 1.29 is 5.11 Å². The molecule has 4 nitrogen and oxygen atoms in total. The maximum absolute atomic E-state index is 8.78. The van der Waals surface area contributed by atoms with Crippen molar-refractivity contribution in [3.8, 4) is 6.07 Å². The van der Waals surface area contributed by atoms with Crippen LogP contribution in [0.15, 0.2) is 12.1 Å². The molecular weight excluding hydrogens is 190 g/mol. The van der Waals surface area contributed by atoms with E-state index in [9.17, 15) is 0 Å². The van der Waals surface area contributed by atoms with Crippen LogP contribution in [-0.4, -0.2) is 22.7 Å². The lowest BCUT2D eigenvalue weighted by atomic mass is 10.2. The molecule has 0 radical (unpaired) electrons. The van der Waals surface area contributed by atoms with Gasteiger partial charge in [0.1, 0.15) is 5.82 Å². The van der Waals surface area contributed by atoms with E-state index in [2.05, 4.69) is 16.4 Å². The van der Waals surface area contributed by atoms with E-state index >= 15 is 0 Å². The first-order valence-corrected chi connectivity index (χ1v) is 4.92. The average Bonchev–Trinajstić information content (AvgIpc) is 2.17. The molecule has 1 aromatic heterocycles. The third kappa shape index (κ3) is 3.56. The van der Waals surface area contributed by atoms with Crippen molar-refractivity contribution in [2.24, 2.45) is 0 Å². The Labute approximate surface area is 89.6 Å². The number of rotatable bonds is 4. The van der Waals surface area contributed by atoms with Gasteiger partial charge in [0.05, 0.1) is 11.6 Å². The number of hydrogen-bond acceptors (Lipinski definition) is 4. The highest BCUT2D eigenvalue weighted by Crippen LogP contribution is 2.11. The molecule has 0 aliphatic rings. The summed E-state index contributed by atoms with van der Waals surface area (Å²) in [4.78, 5) is 4.26. The summed E-state index contributed by atoms with van der Waals surface area (Å²) in [5.74, 6) is 0.688. The lowest BCUT2D eigenvalue weighted by molar-refractivity contribution is 0.282. The summed E-state index contributed by atoms with van der Waals surface area (Å²) in [5, 5.41) is 20.7. The van der Waals surface area contributed by atoms with Gasteiger partial charge in [-0.05, 0) is 32.4 Å². The minimum absolute atomic E-state index is 0.144. The van der Waals surface area contributed by atoms with Gasteiger partial charge in [-0.3, -0.25) is 0 Å². The second kappa shape index (κ2) is 5.32. The van der Waals surface area contributed by atoms with Gasteiger partial charge in [0, 0.05) is 18.3 Å². The minimum Gasteiger partial charge on any atom is -0.396 e. The Balaban J connectivity index is 2.77. The third-order valence-electron chi connectivity index (χ3n) is 2.04. The molecule has 1 rings (SSSR count). The molecule has 0 bridgehead atoms. The van der Waals surface area contributed by atoms with E-state index in [1.807, 2.05) is 13.8 Å². The zero-order valence-electron chi connectivity index (χ0n) is 8.99. The van der Waals surface area contributed by atoms with E-state index in [1.54, 1.807) is 12.1 Å². The van der Waals surface area contributed by atoms with Crippen molar-refractivity contribution in [2.75, 3.05) is 11.9 Å². The number of aliphatic hydroxyl groups excluding tert-OH is 1. The largest absolute Gasteiger partial charge is 0.396 e. The van der Waals surface area contributed by atoms with Gasteiger partial charge in [0.15, 0.2) is 0 Å². The lowest BCUT2D eigenvalue weighted by Crippen LogP contribution is -2.17. The number of nitriles is 1. The fraction of sp³-hybridized carbons (Fsp3) is 0.455. The molecule has 15 heavy (non-hydrogen) atoms. The molecule has 1 unspecified atom stereocenters. The smallest absolute Gasteiger partial charge is 0.127 e. The Bertz CT molecular complexity index is 371. The predicted molar refractivity (Wildman–Crippen MR) is 58.5 cm³/mol. The molecule has 80 valence electrons. The second-order valence-electron chi connectivity index (χ2n) is 3.55. The summed E-state index contributed by atoms with van der Waals surface area (Å²) in [6, 6.07) is 5.68. The van der Waals surface area contributed by atoms with Crippen LogP contribution in [0.1, 0.15) is 24.6 Å². The van der Waals surface area contributed by atoms with Gasteiger partial charge in [-0.15, -0.1) is 0 Å². The van der Waals surface area contributed by atoms with Crippen molar-refractivity contribution in [1.82, 2.24) is 4.98 Å². The van der Waals surface area contributed by atoms with E-state index in [-0.39, 0.29) is 12.6 Å². The summed E-state index contributed by atoms with van der Waals surface area (Å²) < 4.78 is 0. The van der Waals surface area contributed by atoms with Crippen LogP contribution in [0.5, 0.6) is 0 Å². The van der Waals surface area contributed by atoms with Crippen molar-refractivity contribution in [2.45, 2.75) is 26.3 Å². The predicted octanol–water partition coefficient (Wildman–Crippen LogP) is 1.44. The molecule has 1 heterocycles. The minimum atomic E-state index is 0.144. The average molecular weight is 205 g/mol. The molecule has 2 N–H and O–H groups in total.